The molecule has 4 amide bonds. The highest BCUT2D eigenvalue weighted by Crippen LogP contribution is 2.33. The molecule has 3 aliphatic heterocycles. The van der Waals surface area contributed by atoms with E-state index in [0.717, 1.165) is 13.0 Å². The minimum Gasteiger partial charge on any atom is -0.490 e. The van der Waals surface area contributed by atoms with Crippen LogP contribution < -0.4 is 31.4 Å². The van der Waals surface area contributed by atoms with Gasteiger partial charge in [-0.2, -0.15) is 9.67 Å². The number of likely N-dealkylation sites (tertiary alicyclic amines) is 1. The van der Waals surface area contributed by atoms with E-state index in [4.69, 9.17) is 25.9 Å². The van der Waals surface area contributed by atoms with E-state index in [1.165, 1.54) is 21.6 Å². The molecule has 5 aromatic heterocycles. The quantitative estimate of drug-likeness (QED) is 0.131. The number of carbonyl (C=O) groups is 4. The van der Waals surface area contributed by atoms with Crippen LogP contribution in [0.25, 0.3) is 27.9 Å². The van der Waals surface area contributed by atoms with Crippen LogP contribution in [0.3, 0.4) is 0 Å². The fraction of sp³-hybridized carbons (Fsp3) is 0.351. The maximum absolute atomic E-state index is 14.5. The highest BCUT2D eigenvalue weighted by Gasteiger charge is 2.39. The summed E-state index contributed by atoms with van der Waals surface area (Å²) in [6, 6.07) is 5.01. The first-order valence-corrected chi connectivity index (χ1v) is 18.6. The molecule has 1 aromatic carbocycles. The molecule has 9 rings (SSSR count). The Hall–Kier alpha value is -7.00. The summed E-state index contributed by atoms with van der Waals surface area (Å²) in [6.45, 7) is 6.27. The fourth-order valence-corrected chi connectivity index (χ4v) is 8.17. The summed E-state index contributed by atoms with van der Waals surface area (Å²) in [4.78, 5) is 69.6. The number of allylic oxidation sites excluding steroid dienone is 2. The lowest BCUT2D eigenvalue weighted by molar-refractivity contribution is -0.606. The van der Waals surface area contributed by atoms with E-state index in [9.17, 15) is 19.2 Å². The summed E-state index contributed by atoms with van der Waals surface area (Å²) in [5.74, 6) is -1.39. The zero-order valence-corrected chi connectivity index (χ0v) is 32.1. The second-order valence-corrected chi connectivity index (χ2v) is 14.5. The summed E-state index contributed by atoms with van der Waals surface area (Å²) < 4.78 is 20.0. The molecule has 2 atom stereocenters. The predicted octanol–water partition coefficient (Wildman–Crippen LogP) is 0.266. The molecule has 0 aliphatic carbocycles. The van der Waals surface area contributed by atoms with E-state index in [0.29, 0.717) is 71.0 Å². The molecular weight excluding hydrogens is 751 g/mol. The van der Waals surface area contributed by atoms with Crippen LogP contribution in [-0.4, -0.2) is 111 Å². The second-order valence-electron chi connectivity index (χ2n) is 14.5. The molecule has 8 heterocycles. The van der Waals surface area contributed by atoms with Crippen LogP contribution in [0.4, 0.5) is 11.9 Å². The van der Waals surface area contributed by atoms with Crippen molar-refractivity contribution < 1.29 is 33.2 Å². The van der Waals surface area contributed by atoms with Gasteiger partial charge in [-0.3, -0.25) is 44.0 Å². The van der Waals surface area contributed by atoms with Crippen molar-refractivity contribution in [1.82, 2.24) is 48.5 Å². The lowest BCUT2D eigenvalue weighted by Gasteiger charge is -2.26. The molecule has 2 bridgehead atoms. The fourth-order valence-electron chi connectivity index (χ4n) is 8.17. The summed E-state index contributed by atoms with van der Waals surface area (Å²) in [5.41, 5.74) is 14.2. The lowest BCUT2D eigenvalue weighted by Crippen LogP contribution is -2.43. The van der Waals surface area contributed by atoms with Gasteiger partial charge < -0.3 is 25.5 Å². The average molecular weight is 791 g/mol. The molecule has 0 saturated carbocycles. The van der Waals surface area contributed by atoms with E-state index in [1.54, 1.807) is 53.8 Å². The Morgan fingerprint density at radius 2 is 1.64 bits per heavy atom. The van der Waals surface area contributed by atoms with Gasteiger partial charge in [-0.1, -0.05) is 12.2 Å². The SMILES string of the molecule is Cc1nn(C)c2c1-[n+]1c(C)nn(C)c1C(=O)Nc1nc3cc(C(N)=O)cnc3n1C/C=C/Cn1c(nc3cc(C(N)=O)cc(OCCN4CC5CC4CO5)c31)NC2=O. The van der Waals surface area contributed by atoms with Crippen molar-refractivity contribution in [3.05, 3.63) is 70.7 Å². The number of amides is 4. The Balaban J connectivity index is 1.20. The number of benzene rings is 1. The standard InChI is InChI=1S/C37H39N15O6/c1-18-27-29(47(3)45-18)33(55)43-36-41-24-11-20(30(38)53)13-26(57-10-9-49-16-23-14-22(49)17-58-23)28(24)50(36)7-5-6-8-51-32-25(12-21(15-40-32)31(39)54)42-37(51)44-34(56)35-48(4)46-19(2)52(27)35/h5-6,11-13,15,22-23H,7-10,14,16-17H2,1-4H3,(H5-,38,39,41,42,43,44,53,54,55,56)/p+1/b6-5+. The van der Waals surface area contributed by atoms with Gasteiger partial charge in [0.25, 0.3) is 11.7 Å². The Morgan fingerprint density at radius 3 is 2.36 bits per heavy atom. The summed E-state index contributed by atoms with van der Waals surface area (Å²) in [7, 11) is 3.24. The number of nitrogens with zero attached hydrogens (tertiary/aromatic N) is 11. The first kappa shape index (κ1) is 36.6. The van der Waals surface area contributed by atoms with Gasteiger partial charge in [0.15, 0.2) is 17.0 Å². The highest BCUT2D eigenvalue weighted by atomic mass is 16.5. The Kier molecular flexibility index (Phi) is 8.77. The predicted molar refractivity (Wildman–Crippen MR) is 206 cm³/mol. The Morgan fingerprint density at radius 1 is 0.931 bits per heavy atom. The smallest absolute Gasteiger partial charge is 0.331 e. The molecule has 6 N–H and O–H groups in total. The number of carbonyl (C=O) groups excluding carboxylic acids is 4. The molecule has 21 heteroatoms. The zero-order valence-electron chi connectivity index (χ0n) is 32.1. The van der Waals surface area contributed by atoms with Crippen molar-refractivity contribution in [2.75, 3.05) is 36.9 Å². The number of nitrogens with two attached hydrogens (primary N) is 2. The van der Waals surface area contributed by atoms with E-state index < -0.39 is 23.6 Å². The third-order valence-corrected chi connectivity index (χ3v) is 10.8. The maximum atomic E-state index is 14.5. The Bertz CT molecular complexity index is 2760. The molecule has 2 saturated heterocycles. The number of hydrogen-bond donors (Lipinski definition) is 4. The molecular formula is C37H40N15O6+. The van der Waals surface area contributed by atoms with Crippen LogP contribution in [-0.2, 0) is 31.9 Å². The molecule has 0 radical (unpaired) electrons. The van der Waals surface area contributed by atoms with Gasteiger partial charge >= 0.3 is 11.7 Å². The minimum absolute atomic E-state index is 0.0666. The maximum Gasteiger partial charge on any atom is 0.331 e. The minimum atomic E-state index is -0.676. The normalized spacial score (nSPS) is 18.8. The molecule has 2 fully saturated rings. The first-order valence-electron chi connectivity index (χ1n) is 18.6. The second kappa shape index (κ2) is 13.9. The van der Waals surface area contributed by atoms with Crippen LogP contribution in [0.5, 0.6) is 5.75 Å². The Labute approximate surface area is 329 Å². The van der Waals surface area contributed by atoms with E-state index >= 15 is 0 Å². The topological polar surface area (TPSA) is 254 Å². The highest BCUT2D eigenvalue weighted by molar-refractivity contribution is 6.06. The van der Waals surface area contributed by atoms with Gasteiger partial charge in [0.05, 0.1) is 36.5 Å². The molecule has 21 nitrogen and oxygen atoms in total. The van der Waals surface area contributed by atoms with Crippen LogP contribution in [0.2, 0.25) is 0 Å². The van der Waals surface area contributed by atoms with Crippen molar-refractivity contribution in [2.24, 2.45) is 25.6 Å². The number of aryl methyl sites for hydroxylation is 4. The van der Waals surface area contributed by atoms with Crippen LogP contribution >= 0.6 is 0 Å². The van der Waals surface area contributed by atoms with Crippen molar-refractivity contribution in [3.63, 3.8) is 0 Å². The average Bonchev–Trinajstić information content (AvgIpc) is 4.02. The largest absolute Gasteiger partial charge is 0.490 e. The van der Waals surface area contributed by atoms with Crippen LogP contribution in [0.15, 0.2) is 36.5 Å². The number of primary amides is 2. The summed E-state index contributed by atoms with van der Waals surface area (Å²) >= 11 is 0. The molecule has 2 unspecified atom stereocenters. The first-order chi connectivity index (χ1) is 27.9. The van der Waals surface area contributed by atoms with Crippen molar-refractivity contribution in [3.8, 4) is 11.4 Å². The number of nitrogens with one attached hydrogen (secondary N) is 2. The summed E-state index contributed by atoms with van der Waals surface area (Å²) in [6.07, 6.45) is 6.27. The number of pyridine rings is 1. The third kappa shape index (κ3) is 6.10. The van der Waals surface area contributed by atoms with Crippen molar-refractivity contribution in [2.45, 2.75) is 45.5 Å². The molecule has 298 valence electrons. The van der Waals surface area contributed by atoms with Gasteiger partial charge in [0, 0.05) is 63.1 Å². The van der Waals surface area contributed by atoms with Crippen LogP contribution in [0, 0.1) is 13.8 Å². The lowest BCUT2D eigenvalue weighted by atomic mass is 10.1. The van der Waals surface area contributed by atoms with E-state index in [1.807, 2.05) is 12.2 Å². The van der Waals surface area contributed by atoms with Gasteiger partial charge in [-0.05, 0) is 31.5 Å². The molecule has 0 spiro atoms. The summed E-state index contributed by atoms with van der Waals surface area (Å²) in [5, 5.41) is 15.0. The third-order valence-electron chi connectivity index (χ3n) is 10.8. The number of morpholine rings is 1. The van der Waals surface area contributed by atoms with Gasteiger partial charge in [-0.25, -0.2) is 15.0 Å². The number of imidazole rings is 2. The number of hydrogen-bond acceptors (Lipinski definition) is 12. The van der Waals surface area contributed by atoms with Crippen molar-refractivity contribution in [1.29, 1.82) is 0 Å². The van der Waals surface area contributed by atoms with E-state index in [-0.39, 0.29) is 53.7 Å². The number of anilines is 2. The van der Waals surface area contributed by atoms with E-state index in [2.05, 4.69) is 35.7 Å². The van der Waals surface area contributed by atoms with Gasteiger partial charge in [0.1, 0.15) is 23.4 Å². The molecule has 6 aromatic rings. The molecule has 3 aliphatic rings. The zero-order chi connectivity index (χ0) is 40.6. The number of aromatic nitrogens is 10. The van der Waals surface area contributed by atoms with Gasteiger partial charge in [0.2, 0.25) is 23.7 Å². The van der Waals surface area contributed by atoms with Crippen molar-refractivity contribution >= 4 is 57.7 Å². The van der Waals surface area contributed by atoms with Crippen LogP contribution in [0.1, 0.15) is 59.8 Å². The number of ether oxygens (including phenoxy) is 2. The monoisotopic (exact) mass is 790 g/mol. The number of fused-ring (bicyclic) bond motifs is 11. The van der Waals surface area contributed by atoms with Gasteiger partial charge in [-0.15, -0.1) is 4.68 Å². The molecule has 58 heavy (non-hydrogen) atoms. The number of rotatable bonds is 6.